The second-order valence-electron chi connectivity index (χ2n) is 21.4. The summed E-state index contributed by atoms with van der Waals surface area (Å²) in [7, 11) is 4.66. The Bertz CT molecular complexity index is 2050. The van der Waals surface area contributed by atoms with Crippen LogP contribution in [-0.4, -0.2) is 126 Å². The molecule has 15 atom stereocenters. The summed E-state index contributed by atoms with van der Waals surface area (Å²) in [6.45, 7) is 13.6. The van der Waals surface area contributed by atoms with Gasteiger partial charge in [0, 0.05) is 50.4 Å². The lowest BCUT2D eigenvalue weighted by atomic mass is 9.78. The van der Waals surface area contributed by atoms with Crippen LogP contribution < -0.4 is 10.1 Å². The average molecular weight is 991 g/mol. The Labute approximate surface area is 423 Å². The second kappa shape index (κ2) is 27.2. The number of aliphatic hydroxyl groups is 3. The van der Waals surface area contributed by atoms with Crippen LogP contribution in [0.15, 0.2) is 71.9 Å². The van der Waals surface area contributed by atoms with Gasteiger partial charge in [0.05, 0.1) is 25.4 Å². The molecule has 0 aromatic heterocycles. The number of allylic oxidation sites excluding steroid dienone is 6. The Balaban J connectivity index is 1.48. The van der Waals surface area contributed by atoms with Crippen LogP contribution in [0.2, 0.25) is 0 Å². The van der Waals surface area contributed by atoms with Crippen molar-refractivity contribution in [1.82, 2.24) is 4.90 Å². The Hall–Kier alpha value is -4.18. The molecule has 14 nitrogen and oxygen atoms in total. The lowest BCUT2D eigenvalue weighted by molar-refractivity contribution is -0.263. The number of carbonyl (C=O) groups is 4. The molecule has 4 N–H and O–H groups in total. The molecule has 0 spiro atoms. The van der Waals surface area contributed by atoms with Crippen LogP contribution in [0, 0.1) is 35.5 Å². The molecule has 0 radical (unpaired) electrons. The molecule has 396 valence electrons. The molecule has 1 aromatic carbocycles. The largest absolute Gasteiger partial charge is 0.497 e. The SMILES string of the molecule is COc1cccc(NC2C[C@@H]3CCC(C)C(O)(O3)C(=O)C(=O)N3CCCCC3C(=O)O[C@H]([C@H](C)CC3CC[C@@H](O)C(OC)C3)CC[C@H](C)/C=C(\C)C(O)[C@@H](OC)C(=O)C(C)C[C@H](C)/C=C/C=C/C=C/2C)c1. The molecule has 71 heavy (non-hydrogen) atoms. The van der Waals surface area contributed by atoms with Crippen LogP contribution in [0.1, 0.15) is 132 Å². The van der Waals surface area contributed by atoms with Crippen molar-refractivity contribution in [2.75, 3.05) is 33.2 Å². The number of fused-ring (bicyclic) bond motifs is 3. The van der Waals surface area contributed by atoms with Gasteiger partial charge in [-0.1, -0.05) is 82.7 Å². The Morgan fingerprint density at radius 2 is 1.61 bits per heavy atom. The smallest absolute Gasteiger partial charge is 0.329 e. The maximum Gasteiger partial charge on any atom is 0.329 e. The number of piperidine rings is 1. The summed E-state index contributed by atoms with van der Waals surface area (Å²) >= 11 is 0. The maximum atomic E-state index is 14.5. The molecule has 5 rings (SSSR count). The van der Waals surface area contributed by atoms with Gasteiger partial charge in [-0.25, -0.2) is 4.79 Å². The highest BCUT2D eigenvalue weighted by Gasteiger charge is 2.53. The number of aliphatic hydroxyl groups excluding tert-OH is 2. The van der Waals surface area contributed by atoms with E-state index in [1.54, 1.807) is 28.1 Å². The minimum atomic E-state index is -2.42. The molecule has 2 bridgehead atoms. The first-order chi connectivity index (χ1) is 33.8. The molecule has 3 heterocycles. The van der Waals surface area contributed by atoms with Crippen LogP contribution >= 0.6 is 0 Å². The van der Waals surface area contributed by atoms with Crippen LogP contribution in [0.25, 0.3) is 0 Å². The highest BCUT2D eigenvalue weighted by Crippen LogP contribution is 2.38. The first-order valence-electron chi connectivity index (χ1n) is 26.3. The van der Waals surface area contributed by atoms with E-state index in [0.29, 0.717) is 88.4 Å². The number of ether oxygens (including phenoxy) is 5. The number of nitrogens with zero attached hydrogens (tertiary/aromatic N) is 1. The minimum Gasteiger partial charge on any atom is -0.497 e. The van der Waals surface area contributed by atoms with E-state index in [0.717, 1.165) is 17.7 Å². The van der Waals surface area contributed by atoms with Gasteiger partial charge in [0.25, 0.3) is 11.7 Å². The number of ketones is 2. The van der Waals surface area contributed by atoms with Crippen molar-refractivity contribution in [2.45, 2.75) is 186 Å². The summed E-state index contributed by atoms with van der Waals surface area (Å²) < 4.78 is 29.6. The van der Waals surface area contributed by atoms with Gasteiger partial charge in [-0.15, -0.1) is 0 Å². The summed E-state index contributed by atoms with van der Waals surface area (Å²) in [5, 5.41) is 37.9. The monoisotopic (exact) mass is 991 g/mol. The molecule has 1 aliphatic carbocycles. The topological polar surface area (TPSA) is 190 Å². The normalized spacial score (nSPS) is 37.8. The molecule has 3 fully saturated rings. The number of amides is 1. The van der Waals surface area contributed by atoms with Crippen molar-refractivity contribution in [2.24, 2.45) is 35.5 Å². The van der Waals surface area contributed by atoms with Crippen molar-refractivity contribution in [3.8, 4) is 5.75 Å². The average Bonchev–Trinajstić information content (AvgIpc) is 3.35. The van der Waals surface area contributed by atoms with Crippen LogP contribution in [0.4, 0.5) is 5.69 Å². The van der Waals surface area contributed by atoms with Crippen molar-refractivity contribution in [3.63, 3.8) is 0 Å². The molecule has 1 aromatic rings. The predicted molar refractivity (Wildman–Crippen MR) is 274 cm³/mol. The summed E-state index contributed by atoms with van der Waals surface area (Å²) in [6, 6.07) is 6.20. The summed E-state index contributed by atoms with van der Waals surface area (Å²) in [5.74, 6) is -5.58. The standard InChI is InChI=1S/C57H86N2O12/c1-35-17-12-11-13-18-37(3)46(58-43-19-16-20-44(33-43)67-8)34-45-25-23-41(7)57(66,71-45)54(63)55(64)59-28-15-14-21-47(59)56(65)70-49(38(4)31-42-24-26-48(60)50(32-42)68-9)27-22-36(2)30-40(6)52(62)53(69-10)51(61)39(5)29-35/h11-13,16-20,30,33,35-36,38-39,41-42,45-50,52-53,58,60,62,66H,14-15,21-29,31-32,34H2,1-10H3/b13-11+,17-12+,37-18+,40-30+/t35-,36+,38-,39?,41?,42?,45+,46?,47?,48-,49+,50?,52?,53+,57?/m1/s1. The number of cyclic esters (lactones) is 1. The lowest BCUT2D eigenvalue weighted by Gasteiger charge is -2.43. The highest BCUT2D eigenvalue weighted by molar-refractivity contribution is 6.39. The fourth-order valence-electron chi connectivity index (χ4n) is 11.1. The fraction of sp³-hybridized carbons (Fsp3) is 0.684. The lowest BCUT2D eigenvalue weighted by Crippen LogP contribution is -2.61. The number of carbonyl (C=O) groups excluding carboxylic acids is 4. The van der Waals surface area contributed by atoms with E-state index in [2.05, 4.69) is 12.2 Å². The number of anilines is 1. The fourth-order valence-corrected chi connectivity index (χ4v) is 11.1. The van der Waals surface area contributed by atoms with E-state index in [-0.39, 0.29) is 54.1 Å². The van der Waals surface area contributed by atoms with Crippen molar-refractivity contribution < 1.29 is 58.2 Å². The molecule has 8 unspecified atom stereocenters. The van der Waals surface area contributed by atoms with Crippen LogP contribution in [0.5, 0.6) is 5.75 Å². The van der Waals surface area contributed by atoms with Gasteiger partial charge in [0.1, 0.15) is 30.1 Å². The third-order valence-corrected chi connectivity index (χ3v) is 15.7. The quantitative estimate of drug-likeness (QED) is 0.110. The highest BCUT2D eigenvalue weighted by atomic mass is 16.6. The molecule has 14 heteroatoms. The number of methoxy groups -OCH3 is 3. The van der Waals surface area contributed by atoms with E-state index in [9.17, 15) is 34.5 Å². The van der Waals surface area contributed by atoms with Gasteiger partial charge < -0.3 is 49.2 Å². The number of esters is 1. The molecule has 4 aliphatic rings. The van der Waals surface area contributed by atoms with E-state index < -0.39 is 65.9 Å². The molecule has 2 saturated heterocycles. The predicted octanol–water partition coefficient (Wildman–Crippen LogP) is 8.48. The van der Waals surface area contributed by atoms with E-state index in [1.807, 2.05) is 88.4 Å². The van der Waals surface area contributed by atoms with Gasteiger partial charge in [-0.05, 0) is 139 Å². The zero-order valence-electron chi connectivity index (χ0n) is 44.2. The number of hydrogen-bond acceptors (Lipinski definition) is 13. The number of hydrogen-bond donors (Lipinski definition) is 4. The number of Topliss-reactive ketones (excluding diaryl/α,β-unsaturated/α-hetero) is 2. The zero-order valence-corrected chi connectivity index (χ0v) is 44.2. The summed E-state index contributed by atoms with van der Waals surface area (Å²) in [6.07, 6.45) is 14.9. The van der Waals surface area contributed by atoms with Gasteiger partial charge in [-0.3, -0.25) is 14.4 Å². The van der Waals surface area contributed by atoms with Crippen molar-refractivity contribution in [3.05, 3.63) is 71.9 Å². The first-order valence-corrected chi connectivity index (χ1v) is 26.3. The van der Waals surface area contributed by atoms with E-state index >= 15 is 0 Å². The van der Waals surface area contributed by atoms with Crippen LogP contribution in [0.3, 0.4) is 0 Å². The van der Waals surface area contributed by atoms with Gasteiger partial charge in [0.2, 0.25) is 5.79 Å². The van der Waals surface area contributed by atoms with Gasteiger partial charge >= 0.3 is 5.97 Å². The Morgan fingerprint density at radius 1 is 0.845 bits per heavy atom. The number of nitrogens with one attached hydrogen (secondary N) is 1. The first kappa shape index (κ1) is 57.7. The van der Waals surface area contributed by atoms with Gasteiger partial charge in [0.15, 0.2) is 5.78 Å². The second-order valence-corrected chi connectivity index (χ2v) is 21.4. The molecule has 1 saturated carbocycles. The van der Waals surface area contributed by atoms with E-state index in [4.69, 9.17) is 23.7 Å². The summed E-state index contributed by atoms with van der Waals surface area (Å²) in [5.41, 5.74) is 2.35. The third-order valence-electron chi connectivity index (χ3n) is 15.7. The number of rotatable bonds is 8. The van der Waals surface area contributed by atoms with Crippen molar-refractivity contribution in [1.29, 1.82) is 0 Å². The zero-order chi connectivity index (χ0) is 52.0. The minimum absolute atomic E-state index is 0.0454. The molecular formula is C57H86N2O12. The van der Waals surface area contributed by atoms with E-state index in [1.165, 1.54) is 12.0 Å². The molecule has 1 amide bonds. The van der Waals surface area contributed by atoms with Gasteiger partial charge in [-0.2, -0.15) is 0 Å². The molecule has 3 aliphatic heterocycles. The van der Waals surface area contributed by atoms with Crippen molar-refractivity contribution >= 4 is 29.1 Å². The Kier molecular flexibility index (Phi) is 22.1. The molecular weight excluding hydrogens is 905 g/mol. The Morgan fingerprint density at radius 3 is 2.32 bits per heavy atom. The number of benzene rings is 1. The maximum absolute atomic E-state index is 14.5. The summed E-state index contributed by atoms with van der Waals surface area (Å²) in [4.78, 5) is 58.6. The third kappa shape index (κ3) is 15.7. The van der Waals surface area contributed by atoms with Crippen LogP contribution in [-0.2, 0) is 38.1 Å².